The molecule has 0 amide bonds. The minimum Gasteiger partial charge on any atom is -0.346 e. The summed E-state index contributed by atoms with van der Waals surface area (Å²) in [5, 5.41) is 1.50. The van der Waals surface area contributed by atoms with Gasteiger partial charge < -0.3 is 14.3 Å². The van der Waals surface area contributed by atoms with Crippen molar-refractivity contribution in [3.8, 4) is 0 Å². The third-order valence-electron chi connectivity index (χ3n) is 4.93. The van der Waals surface area contributed by atoms with Gasteiger partial charge in [0.05, 0.1) is 17.2 Å². The average Bonchev–Trinajstić information content (AvgIpc) is 3.06. The molecule has 0 bridgehead atoms. The van der Waals surface area contributed by atoms with Crippen molar-refractivity contribution in [3.63, 3.8) is 0 Å². The molecular weight excluding hydrogens is 292 g/mol. The molecule has 1 aliphatic carbocycles. The van der Waals surface area contributed by atoms with Gasteiger partial charge in [-0.25, -0.2) is 4.98 Å². The lowest BCUT2D eigenvalue weighted by Gasteiger charge is -2.26. The molecule has 1 saturated carbocycles. The highest BCUT2D eigenvalue weighted by Crippen LogP contribution is 2.30. The summed E-state index contributed by atoms with van der Waals surface area (Å²) in [6, 6.07) is 1.95. The van der Waals surface area contributed by atoms with E-state index in [0.29, 0.717) is 11.3 Å². The second-order valence-corrected chi connectivity index (χ2v) is 6.38. The van der Waals surface area contributed by atoms with Gasteiger partial charge in [0.15, 0.2) is 0 Å². The van der Waals surface area contributed by atoms with E-state index >= 15 is 0 Å². The van der Waals surface area contributed by atoms with Gasteiger partial charge in [-0.1, -0.05) is 0 Å². The van der Waals surface area contributed by atoms with Gasteiger partial charge in [-0.2, -0.15) is 4.98 Å². The monoisotopic (exact) mass is 310 g/mol. The van der Waals surface area contributed by atoms with Crippen LogP contribution in [0.1, 0.15) is 25.7 Å². The highest BCUT2D eigenvalue weighted by Gasteiger charge is 2.22. The summed E-state index contributed by atoms with van der Waals surface area (Å²) >= 11 is 0. The van der Waals surface area contributed by atoms with E-state index in [1.165, 1.54) is 0 Å². The van der Waals surface area contributed by atoms with Crippen LogP contribution in [-0.4, -0.2) is 25.8 Å². The number of hydrogen-bond acceptors (Lipinski definition) is 4. The number of aromatic nitrogens is 4. The zero-order valence-corrected chi connectivity index (χ0v) is 12.7. The molecule has 3 heterocycles. The molecule has 0 aliphatic heterocycles. The van der Waals surface area contributed by atoms with Crippen LogP contribution in [-0.2, 0) is 11.3 Å². The highest BCUT2D eigenvalue weighted by atomic mass is 16.1. The lowest BCUT2D eigenvalue weighted by atomic mass is 9.82. The van der Waals surface area contributed by atoms with E-state index in [2.05, 4.69) is 19.5 Å². The molecular formula is C17H18N4O2. The molecule has 0 saturated heterocycles. The second-order valence-electron chi connectivity index (χ2n) is 6.38. The van der Waals surface area contributed by atoms with Crippen molar-refractivity contribution in [1.82, 2.24) is 19.5 Å². The Labute approximate surface area is 132 Å². The van der Waals surface area contributed by atoms with Gasteiger partial charge in [-0.3, -0.25) is 4.79 Å². The molecule has 118 valence electrons. The summed E-state index contributed by atoms with van der Waals surface area (Å²) in [6.45, 7) is 0.819. The predicted octanol–water partition coefficient (Wildman–Crippen LogP) is 2.28. The first-order chi connectivity index (χ1) is 11.3. The number of aldehydes is 1. The Hall–Kier alpha value is -2.50. The zero-order valence-electron chi connectivity index (χ0n) is 12.7. The Morgan fingerprint density at radius 2 is 2.04 bits per heavy atom. The van der Waals surface area contributed by atoms with E-state index < -0.39 is 0 Å². The van der Waals surface area contributed by atoms with Crippen LogP contribution in [0.3, 0.4) is 0 Å². The minimum absolute atomic E-state index is 0.218. The fraction of sp³-hybridized carbons (Fsp3) is 0.412. The van der Waals surface area contributed by atoms with Gasteiger partial charge in [-0.15, -0.1) is 0 Å². The van der Waals surface area contributed by atoms with Crippen LogP contribution in [0.4, 0.5) is 0 Å². The molecule has 6 nitrogen and oxygen atoms in total. The van der Waals surface area contributed by atoms with E-state index in [0.717, 1.165) is 55.1 Å². The molecule has 0 radical (unpaired) electrons. The van der Waals surface area contributed by atoms with Crippen molar-refractivity contribution >= 4 is 28.2 Å². The van der Waals surface area contributed by atoms with E-state index in [4.69, 9.17) is 0 Å². The summed E-state index contributed by atoms with van der Waals surface area (Å²) in [6.07, 6.45) is 10.2. The molecule has 3 aromatic rings. The number of hydrogen-bond donors (Lipinski definition) is 1. The fourth-order valence-corrected chi connectivity index (χ4v) is 3.63. The lowest BCUT2D eigenvalue weighted by Crippen LogP contribution is -2.21. The molecule has 1 aliphatic rings. The van der Waals surface area contributed by atoms with E-state index in [-0.39, 0.29) is 11.5 Å². The summed E-state index contributed by atoms with van der Waals surface area (Å²) in [5.41, 5.74) is 1.44. The number of carbonyl (C=O) groups excluding carboxylic acids is 1. The number of rotatable bonds is 3. The van der Waals surface area contributed by atoms with Crippen molar-refractivity contribution in [1.29, 1.82) is 0 Å². The third-order valence-corrected chi connectivity index (χ3v) is 4.93. The number of nitrogens with zero attached hydrogens (tertiary/aromatic N) is 3. The summed E-state index contributed by atoms with van der Waals surface area (Å²) < 4.78 is 2.07. The van der Waals surface area contributed by atoms with Crippen molar-refractivity contribution in [3.05, 3.63) is 35.1 Å². The first-order valence-electron chi connectivity index (χ1n) is 8.03. The molecule has 3 aromatic heterocycles. The number of pyridine rings is 1. The van der Waals surface area contributed by atoms with Crippen molar-refractivity contribution in [2.75, 3.05) is 0 Å². The van der Waals surface area contributed by atoms with Crippen molar-refractivity contribution in [2.24, 2.45) is 11.8 Å². The molecule has 0 aromatic carbocycles. The van der Waals surface area contributed by atoms with Crippen LogP contribution in [0.15, 0.2) is 29.6 Å². The van der Waals surface area contributed by atoms with Gasteiger partial charge in [0, 0.05) is 30.2 Å². The number of nitrogens with one attached hydrogen (secondary N) is 1. The molecule has 0 atom stereocenters. The minimum atomic E-state index is -0.239. The Morgan fingerprint density at radius 3 is 2.83 bits per heavy atom. The van der Waals surface area contributed by atoms with E-state index in [1.54, 1.807) is 12.5 Å². The van der Waals surface area contributed by atoms with Crippen LogP contribution in [0.2, 0.25) is 0 Å². The van der Waals surface area contributed by atoms with Gasteiger partial charge in [0.1, 0.15) is 11.9 Å². The summed E-state index contributed by atoms with van der Waals surface area (Å²) in [4.78, 5) is 34.3. The number of aromatic amines is 1. The van der Waals surface area contributed by atoms with E-state index in [9.17, 15) is 9.59 Å². The van der Waals surface area contributed by atoms with Crippen molar-refractivity contribution in [2.45, 2.75) is 32.2 Å². The van der Waals surface area contributed by atoms with Crippen LogP contribution in [0, 0.1) is 11.8 Å². The predicted molar refractivity (Wildman–Crippen MR) is 87.2 cm³/mol. The SMILES string of the molecule is O=CC1CCC(Cn2cnc(=O)c3cnc4[nH]ccc4c32)CC1. The van der Waals surface area contributed by atoms with Crippen LogP contribution < -0.4 is 5.56 Å². The fourth-order valence-electron chi connectivity index (χ4n) is 3.63. The van der Waals surface area contributed by atoms with Crippen molar-refractivity contribution < 1.29 is 4.79 Å². The molecule has 4 rings (SSSR count). The van der Waals surface area contributed by atoms with Gasteiger partial charge in [-0.05, 0) is 37.7 Å². The van der Waals surface area contributed by atoms with Gasteiger partial charge >= 0.3 is 0 Å². The Kier molecular flexibility index (Phi) is 3.44. The third kappa shape index (κ3) is 2.44. The molecule has 0 spiro atoms. The topological polar surface area (TPSA) is 80.6 Å². The molecule has 6 heteroatoms. The molecule has 0 unspecified atom stereocenters. The van der Waals surface area contributed by atoms with Crippen LogP contribution in [0.5, 0.6) is 0 Å². The first-order valence-corrected chi connectivity index (χ1v) is 8.03. The maximum absolute atomic E-state index is 12.1. The summed E-state index contributed by atoms with van der Waals surface area (Å²) in [7, 11) is 0. The Balaban J connectivity index is 1.75. The van der Waals surface area contributed by atoms with Gasteiger partial charge in [0.2, 0.25) is 0 Å². The Morgan fingerprint density at radius 1 is 1.22 bits per heavy atom. The maximum atomic E-state index is 12.1. The summed E-state index contributed by atoms with van der Waals surface area (Å²) in [5.74, 6) is 0.733. The smallest absolute Gasteiger partial charge is 0.282 e. The van der Waals surface area contributed by atoms with Gasteiger partial charge in [0.25, 0.3) is 5.56 Å². The molecule has 23 heavy (non-hydrogen) atoms. The maximum Gasteiger partial charge on any atom is 0.282 e. The zero-order chi connectivity index (χ0) is 15.8. The van der Waals surface area contributed by atoms with E-state index in [1.807, 2.05) is 12.3 Å². The second kappa shape index (κ2) is 5.61. The normalized spacial score (nSPS) is 21.7. The molecule has 1 fully saturated rings. The molecule has 1 N–H and O–H groups in total. The van der Waals surface area contributed by atoms with Crippen LogP contribution in [0.25, 0.3) is 21.9 Å². The average molecular weight is 310 g/mol. The quantitative estimate of drug-likeness (QED) is 0.753. The highest BCUT2D eigenvalue weighted by molar-refractivity contribution is 6.01. The number of H-pyrrole nitrogens is 1. The standard InChI is InChI=1S/C17H18N4O2/c22-9-12-3-1-11(2-4-12)8-21-10-20-17(23)14-7-19-16-13(15(14)21)5-6-18-16/h5-7,9-12H,1-4,8H2,(H,18,19). The Bertz CT molecular complexity index is 919. The largest absolute Gasteiger partial charge is 0.346 e. The first kappa shape index (κ1) is 14.1. The number of carbonyl (C=O) groups is 1. The number of fused-ring (bicyclic) bond motifs is 3. The lowest BCUT2D eigenvalue weighted by molar-refractivity contribution is -0.112. The van der Waals surface area contributed by atoms with Crippen LogP contribution >= 0.6 is 0 Å².